The predicted octanol–water partition coefficient (Wildman–Crippen LogP) is 3.17. The van der Waals surface area contributed by atoms with Crippen LogP contribution in [0.15, 0.2) is 34.6 Å². The highest BCUT2D eigenvalue weighted by atomic mass is 32.1. The van der Waals surface area contributed by atoms with E-state index in [0.29, 0.717) is 17.5 Å². The second kappa shape index (κ2) is 7.40. The Bertz CT molecular complexity index is 681. The van der Waals surface area contributed by atoms with E-state index in [1.165, 1.54) is 19.2 Å². The van der Waals surface area contributed by atoms with Crippen LogP contribution in [-0.4, -0.2) is 18.0 Å². The van der Waals surface area contributed by atoms with Crippen molar-refractivity contribution in [3.8, 4) is 0 Å². The maximum atomic E-state index is 13.1. The minimum absolute atomic E-state index is 0.115. The zero-order valence-electron chi connectivity index (χ0n) is 12.1. The van der Waals surface area contributed by atoms with E-state index in [-0.39, 0.29) is 12.4 Å². The summed E-state index contributed by atoms with van der Waals surface area (Å²) < 4.78 is 50.5. The number of hydrogen-bond donors (Lipinski definition) is 2. The Labute approximate surface area is 134 Å². The van der Waals surface area contributed by atoms with Gasteiger partial charge in [0, 0.05) is 19.0 Å². The van der Waals surface area contributed by atoms with Gasteiger partial charge in [-0.25, -0.2) is 9.37 Å². The van der Waals surface area contributed by atoms with E-state index >= 15 is 0 Å². The molecule has 0 aliphatic heterocycles. The number of alkyl halides is 3. The Morgan fingerprint density at radius 1 is 1.26 bits per heavy atom. The van der Waals surface area contributed by atoms with Crippen molar-refractivity contribution in [2.75, 3.05) is 7.05 Å². The van der Waals surface area contributed by atoms with Gasteiger partial charge in [0.1, 0.15) is 10.8 Å². The molecule has 0 atom stereocenters. The summed E-state index contributed by atoms with van der Waals surface area (Å²) >= 11 is 0.919. The topological polar surface area (TPSA) is 49.3 Å². The van der Waals surface area contributed by atoms with E-state index in [0.717, 1.165) is 22.3 Å². The van der Waals surface area contributed by atoms with E-state index in [1.54, 1.807) is 12.1 Å². The highest BCUT2D eigenvalue weighted by Crippen LogP contribution is 2.29. The third-order valence-electron chi connectivity index (χ3n) is 2.82. The van der Waals surface area contributed by atoms with Crippen molar-refractivity contribution in [1.29, 1.82) is 0 Å². The first kappa shape index (κ1) is 17.2. The standard InChI is InChI=1S/C14H14F4N4S/c1-19-13(20-6-9-3-2-4-10(15)5-9)21-7-12-22-11(8-23-12)14(16,17)18/h2-5,8H,6-7H2,1H3,(H2,19,20,21). The average molecular weight is 346 g/mol. The summed E-state index contributed by atoms with van der Waals surface area (Å²) in [5.41, 5.74) is -0.177. The molecule has 0 saturated heterocycles. The molecule has 0 aliphatic rings. The van der Waals surface area contributed by atoms with Gasteiger partial charge in [0.05, 0.1) is 6.54 Å². The van der Waals surface area contributed by atoms with Crippen LogP contribution in [0, 0.1) is 5.82 Å². The Morgan fingerprint density at radius 2 is 2.00 bits per heavy atom. The third-order valence-corrected chi connectivity index (χ3v) is 3.67. The molecule has 23 heavy (non-hydrogen) atoms. The summed E-state index contributed by atoms with van der Waals surface area (Å²) in [5, 5.41) is 7.08. The summed E-state index contributed by atoms with van der Waals surface area (Å²) in [7, 11) is 1.53. The molecule has 4 nitrogen and oxygen atoms in total. The second-order valence-electron chi connectivity index (χ2n) is 4.53. The van der Waals surface area contributed by atoms with Crippen LogP contribution in [0.5, 0.6) is 0 Å². The lowest BCUT2D eigenvalue weighted by molar-refractivity contribution is -0.140. The van der Waals surface area contributed by atoms with Crippen LogP contribution in [0.3, 0.4) is 0 Å². The molecule has 0 amide bonds. The van der Waals surface area contributed by atoms with Gasteiger partial charge in [-0.3, -0.25) is 4.99 Å². The Balaban J connectivity index is 1.87. The van der Waals surface area contributed by atoms with Gasteiger partial charge in [-0.2, -0.15) is 13.2 Å². The van der Waals surface area contributed by atoms with Crippen molar-refractivity contribution in [3.05, 3.63) is 51.7 Å². The SMILES string of the molecule is CN=C(NCc1cccc(F)c1)NCc1nc(C(F)(F)F)cs1. The number of halogens is 4. The van der Waals surface area contributed by atoms with Gasteiger partial charge in [-0.1, -0.05) is 12.1 Å². The first-order valence-electron chi connectivity index (χ1n) is 6.59. The Kier molecular flexibility index (Phi) is 5.54. The second-order valence-corrected chi connectivity index (χ2v) is 5.48. The van der Waals surface area contributed by atoms with Gasteiger partial charge in [0.15, 0.2) is 11.7 Å². The number of guanidine groups is 1. The van der Waals surface area contributed by atoms with E-state index in [1.807, 2.05) is 0 Å². The first-order valence-corrected chi connectivity index (χ1v) is 7.47. The van der Waals surface area contributed by atoms with Gasteiger partial charge < -0.3 is 10.6 Å². The maximum absolute atomic E-state index is 13.1. The summed E-state index contributed by atoms with van der Waals surface area (Å²) in [4.78, 5) is 7.47. The van der Waals surface area contributed by atoms with Gasteiger partial charge in [-0.05, 0) is 17.7 Å². The number of aliphatic imine (C=N–C) groups is 1. The van der Waals surface area contributed by atoms with Crippen molar-refractivity contribution in [2.45, 2.75) is 19.3 Å². The number of benzene rings is 1. The highest BCUT2D eigenvalue weighted by molar-refractivity contribution is 7.09. The largest absolute Gasteiger partial charge is 0.434 e. The fourth-order valence-corrected chi connectivity index (χ4v) is 2.48. The molecule has 1 aromatic carbocycles. The Morgan fingerprint density at radius 3 is 2.61 bits per heavy atom. The summed E-state index contributed by atoms with van der Waals surface area (Å²) in [6.45, 7) is 0.451. The molecule has 9 heteroatoms. The lowest BCUT2D eigenvalue weighted by atomic mass is 10.2. The van der Waals surface area contributed by atoms with Crippen molar-refractivity contribution < 1.29 is 17.6 Å². The smallest absolute Gasteiger partial charge is 0.352 e. The van der Waals surface area contributed by atoms with Gasteiger partial charge >= 0.3 is 6.18 Å². The van der Waals surface area contributed by atoms with E-state index in [9.17, 15) is 17.6 Å². The number of hydrogen-bond acceptors (Lipinski definition) is 3. The molecule has 0 aliphatic carbocycles. The van der Waals surface area contributed by atoms with Crippen LogP contribution in [0.1, 0.15) is 16.3 Å². The van der Waals surface area contributed by atoms with Crippen LogP contribution in [0.25, 0.3) is 0 Å². The number of nitrogens with zero attached hydrogens (tertiary/aromatic N) is 2. The van der Waals surface area contributed by atoms with Crippen LogP contribution >= 0.6 is 11.3 Å². The summed E-state index contributed by atoms with van der Waals surface area (Å²) in [5.74, 6) is 0.0488. The third kappa shape index (κ3) is 5.20. The number of nitrogens with one attached hydrogen (secondary N) is 2. The van der Waals surface area contributed by atoms with E-state index < -0.39 is 11.9 Å². The highest BCUT2D eigenvalue weighted by Gasteiger charge is 2.33. The van der Waals surface area contributed by atoms with Crippen molar-refractivity contribution in [2.24, 2.45) is 4.99 Å². The monoisotopic (exact) mass is 346 g/mol. The molecule has 0 radical (unpaired) electrons. The molecule has 2 rings (SSSR count). The minimum Gasteiger partial charge on any atom is -0.352 e. The van der Waals surface area contributed by atoms with Gasteiger partial charge in [0.25, 0.3) is 0 Å². The van der Waals surface area contributed by atoms with Gasteiger partial charge in [-0.15, -0.1) is 11.3 Å². The van der Waals surface area contributed by atoms with E-state index in [4.69, 9.17) is 0 Å². The molecule has 2 N–H and O–H groups in total. The lowest BCUT2D eigenvalue weighted by Crippen LogP contribution is -2.36. The zero-order chi connectivity index (χ0) is 16.9. The molecule has 0 bridgehead atoms. The minimum atomic E-state index is -4.44. The quantitative estimate of drug-likeness (QED) is 0.508. The predicted molar refractivity (Wildman–Crippen MR) is 80.6 cm³/mol. The number of rotatable bonds is 4. The molecule has 1 aromatic heterocycles. The molecule has 0 saturated carbocycles. The molecule has 0 spiro atoms. The normalized spacial score (nSPS) is 12.3. The lowest BCUT2D eigenvalue weighted by Gasteiger charge is -2.11. The average Bonchev–Trinajstić information content (AvgIpc) is 2.96. The van der Waals surface area contributed by atoms with Crippen molar-refractivity contribution >= 4 is 17.3 Å². The molecule has 2 aromatic rings. The number of thiazole rings is 1. The molecule has 1 heterocycles. The van der Waals surface area contributed by atoms with Crippen LogP contribution in [-0.2, 0) is 19.3 Å². The maximum Gasteiger partial charge on any atom is 0.434 e. The molecular formula is C14H14F4N4S. The summed E-state index contributed by atoms with van der Waals surface area (Å²) in [6, 6.07) is 6.07. The van der Waals surface area contributed by atoms with Crippen LogP contribution < -0.4 is 10.6 Å². The van der Waals surface area contributed by atoms with Gasteiger partial charge in [0.2, 0.25) is 0 Å². The zero-order valence-corrected chi connectivity index (χ0v) is 12.9. The summed E-state index contributed by atoms with van der Waals surface area (Å²) in [6.07, 6.45) is -4.44. The Hall–Kier alpha value is -2.16. The molecule has 0 unspecified atom stereocenters. The fraction of sp³-hybridized carbons (Fsp3) is 0.286. The molecular weight excluding hydrogens is 332 g/mol. The first-order chi connectivity index (χ1) is 10.9. The number of aromatic nitrogens is 1. The van der Waals surface area contributed by atoms with Crippen molar-refractivity contribution in [3.63, 3.8) is 0 Å². The van der Waals surface area contributed by atoms with Crippen LogP contribution in [0.2, 0.25) is 0 Å². The molecule has 0 fully saturated rings. The van der Waals surface area contributed by atoms with Crippen LogP contribution in [0.4, 0.5) is 17.6 Å². The van der Waals surface area contributed by atoms with Crippen molar-refractivity contribution in [1.82, 2.24) is 15.6 Å². The fourth-order valence-electron chi connectivity index (χ4n) is 1.73. The van der Waals surface area contributed by atoms with E-state index in [2.05, 4.69) is 20.6 Å². The molecule has 124 valence electrons.